The molecule has 1 rings (SSSR count). The highest BCUT2D eigenvalue weighted by atomic mass is 79.9. The number of pyridine rings is 1. The lowest BCUT2D eigenvalue weighted by Gasteiger charge is -2.06. The lowest BCUT2D eigenvalue weighted by Crippen LogP contribution is -2.22. The molecule has 0 aliphatic heterocycles. The van der Waals surface area contributed by atoms with E-state index in [1.54, 1.807) is 0 Å². The Balaban J connectivity index is 3.22. The molecule has 0 unspecified atom stereocenters. The lowest BCUT2D eigenvalue weighted by molar-refractivity contribution is -0.386. The van der Waals surface area contributed by atoms with E-state index < -0.39 is 22.1 Å². The van der Waals surface area contributed by atoms with Crippen LogP contribution in [0.15, 0.2) is 33.2 Å². The molecule has 0 atom stereocenters. The summed E-state index contributed by atoms with van der Waals surface area (Å²) in [6.45, 7) is 1.50. The highest BCUT2D eigenvalue weighted by molar-refractivity contribution is 9.10. The smallest absolute Gasteiger partial charge is 0.335 e. The Hall–Kier alpha value is -1.96. The second-order valence-electron chi connectivity index (χ2n) is 3.56. The Morgan fingerprint density at radius 3 is 2.78 bits per heavy atom. The maximum Gasteiger partial charge on any atom is 0.335 e. The second-order valence-corrected chi connectivity index (χ2v) is 4.48. The molecule has 0 aliphatic rings. The number of aliphatic carboxylic acids is 1. The van der Waals surface area contributed by atoms with Gasteiger partial charge in [-0.3, -0.25) is 14.9 Å². The molecular formula is C10H9BrN2O5. The molecule has 0 saturated carbocycles. The molecule has 0 aromatic carbocycles. The Bertz CT molecular complexity index is 590. The van der Waals surface area contributed by atoms with Crippen LogP contribution in [-0.2, 0) is 11.3 Å². The predicted molar refractivity (Wildman–Crippen MR) is 66.4 cm³/mol. The first-order valence-electron chi connectivity index (χ1n) is 4.75. The average Bonchev–Trinajstić information content (AvgIpc) is 2.21. The van der Waals surface area contributed by atoms with Gasteiger partial charge in [-0.1, -0.05) is 0 Å². The number of nitro groups is 1. The van der Waals surface area contributed by atoms with Gasteiger partial charge in [-0.25, -0.2) is 4.79 Å². The van der Waals surface area contributed by atoms with Gasteiger partial charge < -0.3 is 9.67 Å². The summed E-state index contributed by atoms with van der Waals surface area (Å²) in [6, 6.07) is 1.11. The molecule has 0 bridgehead atoms. The zero-order valence-corrected chi connectivity index (χ0v) is 10.9. The molecule has 1 N–H and O–H groups in total. The van der Waals surface area contributed by atoms with Crippen molar-refractivity contribution in [1.29, 1.82) is 0 Å². The van der Waals surface area contributed by atoms with Crippen molar-refractivity contribution in [1.82, 2.24) is 4.57 Å². The Labute approximate surface area is 110 Å². The van der Waals surface area contributed by atoms with E-state index in [4.69, 9.17) is 5.11 Å². The van der Waals surface area contributed by atoms with Crippen LogP contribution in [0.4, 0.5) is 5.69 Å². The van der Waals surface area contributed by atoms with Crippen LogP contribution in [0.5, 0.6) is 0 Å². The van der Waals surface area contributed by atoms with Crippen LogP contribution in [0, 0.1) is 10.1 Å². The van der Waals surface area contributed by atoms with E-state index in [2.05, 4.69) is 15.9 Å². The number of allylic oxidation sites excluding steroid dienone is 1. The normalized spacial score (nSPS) is 11.3. The fourth-order valence-corrected chi connectivity index (χ4v) is 1.82. The molecule has 0 saturated heterocycles. The molecule has 0 radical (unpaired) electrons. The van der Waals surface area contributed by atoms with E-state index in [0.717, 1.165) is 16.7 Å². The minimum atomic E-state index is -1.13. The van der Waals surface area contributed by atoms with Gasteiger partial charge in [-0.15, -0.1) is 0 Å². The third-order valence-corrected chi connectivity index (χ3v) is 2.45. The molecule has 7 nitrogen and oxygen atoms in total. The molecule has 18 heavy (non-hydrogen) atoms. The van der Waals surface area contributed by atoms with Gasteiger partial charge in [0.1, 0.15) is 0 Å². The van der Waals surface area contributed by atoms with Gasteiger partial charge in [0.2, 0.25) is 0 Å². The number of hydrogen-bond donors (Lipinski definition) is 1. The monoisotopic (exact) mass is 316 g/mol. The number of halogens is 1. The Kier molecular flexibility index (Phi) is 4.38. The first kappa shape index (κ1) is 14.1. The van der Waals surface area contributed by atoms with Crippen LogP contribution in [0.2, 0.25) is 0 Å². The first-order valence-corrected chi connectivity index (χ1v) is 5.55. The van der Waals surface area contributed by atoms with Crippen LogP contribution >= 0.6 is 15.9 Å². The van der Waals surface area contributed by atoms with Gasteiger partial charge in [0, 0.05) is 29.4 Å². The summed E-state index contributed by atoms with van der Waals surface area (Å²) in [5, 5.41) is 19.2. The summed E-state index contributed by atoms with van der Waals surface area (Å²) in [5.41, 5.74) is -0.939. The molecule has 96 valence electrons. The quantitative estimate of drug-likeness (QED) is 0.515. The van der Waals surface area contributed by atoms with Crippen molar-refractivity contribution in [3.63, 3.8) is 0 Å². The van der Waals surface area contributed by atoms with Gasteiger partial charge in [0.15, 0.2) is 0 Å². The van der Waals surface area contributed by atoms with Crippen molar-refractivity contribution < 1.29 is 14.8 Å². The maximum absolute atomic E-state index is 11.7. The number of carboxylic acids is 1. The zero-order valence-electron chi connectivity index (χ0n) is 9.29. The number of carbonyl (C=O) groups is 1. The molecule has 1 heterocycles. The maximum atomic E-state index is 11.7. The lowest BCUT2D eigenvalue weighted by atomic mass is 10.2. The second kappa shape index (κ2) is 5.58. The van der Waals surface area contributed by atoms with E-state index in [-0.39, 0.29) is 6.54 Å². The predicted octanol–water partition coefficient (Wildman–Crippen LogP) is 1.55. The van der Waals surface area contributed by atoms with E-state index in [0.29, 0.717) is 10.0 Å². The van der Waals surface area contributed by atoms with Gasteiger partial charge in [0.05, 0.1) is 4.92 Å². The van der Waals surface area contributed by atoms with Gasteiger partial charge in [-0.2, -0.15) is 0 Å². The number of aromatic nitrogens is 1. The van der Waals surface area contributed by atoms with Crippen LogP contribution < -0.4 is 5.56 Å². The molecule has 0 amide bonds. The molecule has 0 aliphatic carbocycles. The van der Waals surface area contributed by atoms with Crippen molar-refractivity contribution in [2.24, 2.45) is 0 Å². The van der Waals surface area contributed by atoms with Gasteiger partial charge in [0.25, 0.3) is 0 Å². The van der Waals surface area contributed by atoms with Crippen molar-refractivity contribution >= 4 is 27.6 Å². The molecule has 0 fully saturated rings. The summed E-state index contributed by atoms with van der Waals surface area (Å²) < 4.78 is 1.45. The van der Waals surface area contributed by atoms with Crippen molar-refractivity contribution in [2.45, 2.75) is 13.5 Å². The minimum absolute atomic E-state index is 0.0224. The number of nitrogens with zero attached hydrogens (tertiary/aromatic N) is 2. The Morgan fingerprint density at radius 2 is 2.28 bits per heavy atom. The van der Waals surface area contributed by atoms with E-state index in [1.807, 2.05) is 0 Å². The molecule has 8 heteroatoms. The van der Waals surface area contributed by atoms with E-state index in [1.165, 1.54) is 13.1 Å². The van der Waals surface area contributed by atoms with Gasteiger partial charge in [-0.05, 0) is 28.4 Å². The minimum Gasteiger partial charge on any atom is -0.478 e. The summed E-state index contributed by atoms with van der Waals surface area (Å²) in [6.07, 6.45) is 2.31. The van der Waals surface area contributed by atoms with E-state index >= 15 is 0 Å². The third-order valence-electron chi connectivity index (χ3n) is 2.02. The van der Waals surface area contributed by atoms with Crippen LogP contribution in [0.25, 0.3) is 0 Å². The van der Waals surface area contributed by atoms with Crippen LogP contribution in [0.1, 0.15) is 6.92 Å². The zero-order chi connectivity index (χ0) is 13.9. The van der Waals surface area contributed by atoms with E-state index in [9.17, 15) is 19.7 Å². The first-order chi connectivity index (χ1) is 8.31. The average molecular weight is 317 g/mol. The van der Waals surface area contributed by atoms with Crippen molar-refractivity contribution in [3.05, 3.63) is 48.9 Å². The SMILES string of the molecule is C/C(=C\C(=O)O)Cn1cc(Br)cc([N+](=O)[O-])c1=O. The largest absolute Gasteiger partial charge is 0.478 e. The molecule has 0 spiro atoms. The Morgan fingerprint density at radius 1 is 1.67 bits per heavy atom. The van der Waals surface area contributed by atoms with Crippen LogP contribution in [0.3, 0.4) is 0 Å². The molecular weight excluding hydrogens is 308 g/mol. The van der Waals surface area contributed by atoms with Gasteiger partial charge >= 0.3 is 17.2 Å². The standard InChI is InChI=1S/C10H9BrN2O5/c1-6(2-9(14)15)4-12-5-7(11)3-8(10(12)16)13(17)18/h2-3,5H,4H2,1H3,(H,14,15)/b6-2+. The number of hydrogen-bond acceptors (Lipinski definition) is 4. The summed E-state index contributed by atoms with van der Waals surface area (Å²) in [7, 11) is 0. The summed E-state index contributed by atoms with van der Waals surface area (Å²) in [5.74, 6) is -1.13. The fraction of sp³-hybridized carbons (Fsp3) is 0.200. The third kappa shape index (κ3) is 3.52. The summed E-state index contributed by atoms with van der Waals surface area (Å²) >= 11 is 3.06. The fourth-order valence-electron chi connectivity index (χ4n) is 1.36. The molecule has 1 aromatic heterocycles. The molecule has 1 aromatic rings. The highest BCUT2D eigenvalue weighted by Crippen LogP contribution is 2.14. The van der Waals surface area contributed by atoms with Crippen molar-refractivity contribution in [3.8, 4) is 0 Å². The topological polar surface area (TPSA) is 102 Å². The summed E-state index contributed by atoms with van der Waals surface area (Å²) in [4.78, 5) is 32.0. The highest BCUT2D eigenvalue weighted by Gasteiger charge is 2.15. The number of rotatable bonds is 4. The number of carboxylic acid groups (broad SMARTS) is 1. The van der Waals surface area contributed by atoms with Crippen LogP contribution in [-0.4, -0.2) is 20.6 Å². The van der Waals surface area contributed by atoms with Crippen molar-refractivity contribution in [2.75, 3.05) is 0 Å².